The van der Waals surface area contributed by atoms with Crippen molar-refractivity contribution in [2.45, 2.75) is 10.9 Å². The van der Waals surface area contributed by atoms with E-state index in [0.717, 1.165) is 0 Å². The van der Waals surface area contributed by atoms with Crippen LogP contribution in [0, 0.1) is 17.1 Å². The van der Waals surface area contributed by atoms with Gasteiger partial charge in [-0.1, -0.05) is 35.9 Å². The van der Waals surface area contributed by atoms with Crippen LogP contribution in [0.3, 0.4) is 0 Å². The molecule has 1 atom stereocenters. The molecule has 26 heavy (non-hydrogen) atoms. The van der Waals surface area contributed by atoms with E-state index in [9.17, 15) is 18.1 Å². The molecule has 0 N–H and O–H groups in total. The van der Waals surface area contributed by atoms with E-state index in [2.05, 4.69) is 6.07 Å². The maximum Gasteiger partial charge on any atom is 0.244 e. The third kappa shape index (κ3) is 3.74. The third-order valence-electron chi connectivity index (χ3n) is 4.40. The topological polar surface area (TPSA) is 64.4 Å². The second-order valence-electron chi connectivity index (χ2n) is 5.95. The standard InChI is InChI=1S/C18H17ClFN3O2S/c19-16-3-1-2-4-18(16)26(24,25)23-11-9-22(10-12-23)17(13-21)14-5-7-15(20)8-6-14/h1-8,17H,9-12H2. The summed E-state index contributed by atoms with van der Waals surface area (Å²) in [6.07, 6.45) is 0. The smallest absolute Gasteiger partial charge is 0.244 e. The van der Waals surface area contributed by atoms with Crippen molar-refractivity contribution in [3.05, 3.63) is 64.9 Å². The average Bonchev–Trinajstić information content (AvgIpc) is 2.64. The van der Waals surface area contributed by atoms with Crippen LogP contribution in [0.5, 0.6) is 0 Å². The van der Waals surface area contributed by atoms with Gasteiger partial charge in [0, 0.05) is 26.2 Å². The molecule has 0 aliphatic carbocycles. The number of benzene rings is 2. The molecule has 0 aromatic heterocycles. The number of piperazine rings is 1. The third-order valence-corrected chi connectivity index (χ3v) is 6.80. The van der Waals surface area contributed by atoms with Gasteiger partial charge in [-0.3, -0.25) is 4.90 Å². The van der Waals surface area contributed by atoms with Gasteiger partial charge in [0.15, 0.2) is 0 Å². The van der Waals surface area contributed by atoms with Crippen molar-refractivity contribution >= 4 is 21.6 Å². The molecule has 1 heterocycles. The SMILES string of the molecule is N#CC(c1ccc(F)cc1)N1CCN(S(=O)(=O)c2ccccc2Cl)CC1. The number of hydrogen-bond donors (Lipinski definition) is 0. The molecule has 136 valence electrons. The van der Waals surface area contributed by atoms with Crippen LogP contribution in [-0.2, 0) is 10.0 Å². The lowest BCUT2D eigenvalue weighted by atomic mass is 10.1. The highest BCUT2D eigenvalue weighted by Gasteiger charge is 2.32. The molecule has 8 heteroatoms. The summed E-state index contributed by atoms with van der Waals surface area (Å²) in [6, 6.07) is 13.8. The molecule has 2 aromatic rings. The monoisotopic (exact) mass is 393 g/mol. The predicted octanol–water partition coefficient (Wildman–Crippen LogP) is 3.05. The second kappa shape index (κ2) is 7.72. The van der Waals surface area contributed by atoms with E-state index >= 15 is 0 Å². The van der Waals surface area contributed by atoms with Crippen molar-refractivity contribution in [1.29, 1.82) is 5.26 Å². The van der Waals surface area contributed by atoms with Crippen molar-refractivity contribution in [2.24, 2.45) is 0 Å². The summed E-state index contributed by atoms with van der Waals surface area (Å²) in [5, 5.41) is 9.70. The fourth-order valence-electron chi connectivity index (χ4n) is 3.01. The average molecular weight is 394 g/mol. The Morgan fingerprint density at radius 3 is 2.23 bits per heavy atom. The molecule has 5 nitrogen and oxygen atoms in total. The minimum Gasteiger partial charge on any atom is -0.282 e. The summed E-state index contributed by atoms with van der Waals surface area (Å²) in [4.78, 5) is 1.98. The first-order valence-electron chi connectivity index (χ1n) is 8.07. The molecule has 3 rings (SSSR count). The lowest BCUT2D eigenvalue weighted by Gasteiger charge is -2.36. The normalized spacial score (nSPS) is 17.6. The molecule has 1 fully saturated rings. The van der Waals surface area contributed by atoms with Gasteiger partial charge in [0.2, 0.25) is 10.0 Å². The maximum absolute atomic E-state index is 13.1. The van der Waals surface area contributed by atoms with Gasteiger partial charge in [0.05, 0.1) is 11.1 Å². The van der Waals surface area contributed by atoms with E-state index in [0.29, 0.717) is 18.7 Å². The van der Waals surface area contributed by atoms with E-state index < -0.39 is 16.1 Å². The Labute approximate surface area is 157 Å². The van der Waals surface area contributed by atoms with Gasteiger partial charge in [0.25, 0.3) is 0 Å². The van der Waals surface area contributed by atoms with Gasteiger partial charge in [-0.05, 0) is 29.8 Å². The summed E-state index contributed by atoms with van der Waals surface area (Å²) < 4.78 is 40.0. The first-order chi connectivity index (χ1) is 12.4. The summed E-state index contributed by atoms with van der Waals surface area (Å²) in [6.45, 7) is 1.32. The van der Waals surface area contributed by atoms with Gasteiger partial charge in [-0.25, -0.2) is 12.8 Å². The molecule has 0 bridgehead atoms. The molecular formula is C18H17ClFN3O2S. The van der Waals surface area contributed by atoms with E-state index in [1.165, 1.54) is 22.5 Å². The zero-order valence-electron chi connectivity index (χ0n) is 13.8. The van der Waals surface area contributed by atoms with Gasteiger partial charge in [-0.15, -0.1) is 0 Å². The van der Waals surface area contributed by atoms with Crippen molar-refractivity contribution in [3.8, 4) is 6.07 Å². The molecule has 0 spiro atoms. The van der Waals surface area contributed by atoms with Crippen LogP contribution in [-0.4, -0.2) is 43.8 Å². The predicted molar refractivity (Wildman–Crippen MR) is 96.5 cm³/mol. The van der Waals surface area contributed by atoms with E-state index in [-0.39, 0.29) is 28.8 Å². The van der Waals surface area contributed by atoms with Crippen LogP contribution >= 0.6 is 11.6 Å². The molecule has 1 unspecified atom stereocenters. The van der Waals surface area contributed by atoms with Crippen LogP contribution in [0.4, 0.5) is 4.39 Å². The molecule has 1 saturated heterocycles. The number of hydrogen-bond acceptors (Lipinski definition) is 4. The summed E-state index contributed by atoms with van der Waals surface area (Å²) in [7, 11) is -3.68. The molecule has 1 aliphatic rings. The summed E-state index contributed by atoms with van der Waals surface area (Å²) in [5.41, 5.74) is 0.691. The van der Waals surface area contributed by atoms with E-state index in [1.807, 2.05) is 4.90 Å². The molecule has 0 saturated carbocycles. The number of halogens is 2. The lowest BCUT2D eigenvalue weighted by Crippen LogP contribution is -2.49. The Hall–Kier alpha value is -1.98. The zero-order valence-corrected chi connectivity index (χ0v) is 15.4. The molecular weight excluding hydrogens is 377 g/mol. The fraction of sp³-hybridized carbons (Fsp3) is 0.278. The molecule has 0 amide bonds. The molecule has 1 aliphatic heterocycles. The van der Waals surface area contributed by atoms with Crippen molar-refractivity contribution in [1.82, 2.24) is 9.21 Å². The number of nitrogens with zero attached hydrogens (tertiary/aromatic N) is 3. The molecule has 2 aromatic carbocycles. The first kappa shape index (κ1) is 18.8. The summed E-state index contributed by atoms with van der Waals surface area (Å²) in [5.74, 6) is -0.360. The highest BCUT2D eigenvalue weighted by Crippen LogP contribution is 2.27. The van der Waals surface area contributed by atoms with Crippen molar-refractivity contribution < 1.29 is 12.8 Å². The minimum atomic E-state index is -3.68. The molecule has 0 radical (unpaired) electrons. The lowest BCUT2D eigenvalue weighted by molar-refractivity contribution is 0.162. The Kier molecular flexibility index (Phi) is 5.58. The number of nitriles is 1. The van der Waals surface area contributed by atoms with E-state index in [1.54, 1.807) is 30.3 Å². The largest absolute Gasteiger partial charge is 0.282 e. The Morgan fingerprint density at radius 1 is 1.04 bits per heavy atom. The Morgan fingerprint density at radius 2 is 1.65 bits per heavy atom. The van der Waals surface area contributed by atoms with Gasteiger partial charge in [0.1, 0.15) is 16.8 Å². The van der Waals surface area contributed by atoms with Gasteiger partial charge < -0.3 is 0 Å². The first-order valence-corrected chi connectivity index (χ1v) is 9.89. The highest BCUT2D eigenvalue weighted by atomic mass is 35.5. The Balaban J connectivity index is 1.73. The highest BCUT2D eigenvalue weighted by molar-refractivity contribution is 7.89. The van der Waals surface area contributed by atoms with Crippen LogP contribution in [0.25, 0.3) is 0 Å². The Bertz CT molecular complexity index is 920. The van der Waals surface area contributed by atoms with Crippen LogP contribution in [0.1, 0.15) is 11.6 Å². The van der Waals surface area contributed by atoms with E-state index in [4.69, 9.17) is 11.6 Å². The minimum absolute atomic E-state index is 0.0884. The summed E-state index contributed by atoms with van der Waals surface area (Å²) >= 11 is 6.03. The zero-order chi connectivity index (χ0) is 18.7. The van der Waals surface area contributed by atoms with Crippen LogP contribution < -0.4 is 0 Å². The second-order valence-corrected chi connectivity index (χ2v) is 8.27. The van der Waals surface area contributed by atoms with Crippen LogP contribution in [0.2, 0.25) is 5.02 Å². The quantitative estimate of drug-likeness (QED) is 0.800. The fourth-order valence-corrected chi connectivity index (χ4v) is 4.92. The maximum atomic E-state index is 13.1. The van der Waals surface area contributed by atoms with Gasteiger partial charge >= 0.3 is 0 Å². The number of sulfonamides is 1. The van der Waals surface area contributed by atoms with Crippen molar-refractivity contribution in [3.63, 3.8) is 0 Å². The number of rotatable bonds is 4. The van der Waals surface area contributed by atoms with Gasteiger partial charge in [-0.2, -0.15) is 9.57 Å². The van der Waals surface area contributed by atoms with Crippen molar-refractivity contribution in [2.75, 3.05) is 26.2 Å². The van der Waals surface area contributed by atoms with Crippen LogP contribution in [0.15, 0.2) is 53.4 Å².